The van der Waals surface area contributed by atoms with Crippen LogP contribution in [0.3, 0.4) is 0 Å². The molecule has 0 nitrogen and oxygen atoms in total. The van der Waals surface area contributed by atoms with Crippen LogP contribution in [0.4, 0.5) is 0 Å². The van der Waals surface area contributed by atoms with E-state index < -0.39 is 0 Å². The Morgan fingerprint density at radius 2 is 1.86 bits per heavy atom. The van der Waals surface area contributed by atoms with E-state index in [0.29, 0.717) is 5.41 Å². The minimum atomic E-state index is 0.513. The Morgan fingerprint density at radius 1 is 1.21 bits per heavy atom. The van der Waals surface area contributed by atoms with Crippen molar-refractivity contribution in [3.63, 3.8) is 0 Å². The molecule has 3 atom stereocenters. The fourth-order valence-electron chi connectivity index (χ4n) is 2.68. The molecule has 1 saturated carbocycles. The lowest BCUT2D eigenvalue weighted by atomic mass is 9.68. The first-order valence-corrected chi connectivity index (χ1v) is 7.00. The summed E-state index contributed by atoms with van der Waals surface area (Å²) < 4.78 is 0. The molecule has 0 aromatic carbocycles. The third-order valence-electron chi connectivity index (χ3n) is 3.77. The van der Waals surface area contributed by atoms with Gasteiger partial charge in [0.1, 0.15) is 0 Å². The van der Waals surface area contributed by atoms with Gasteiger partial charge in [0.05, 0.1) is 0 Å². The average molecular weight is 261 g/mol. The lowest BCUT2D eigenvalue weighted by Crippen LogP contribution is -2.32. The Kier molecular flexibility index (Phi) is 4.49. The maximum absolute atomic E-state index is 3.85. The molecule has 0 bridgehead atoms. The molecule has 1 aliphatic carbocycles. The third kappa shape index (κ3) is 3.25. The summed E-state index contributed by atoms with van der Waals surface area (Å²) in [6.07, 6.45) is 6.98. The van der Waals surface area contributed by atoms with Gasteiger partial charge in [-0.2, -0.15) is 0 Å². The first-order valence-electron chi connectivity index (χ1n) is 6.09. The van der Waals surface area contributed by atoms with Gasteiger partial charge < -0.3 is 0 Å². The fourth-order valence-corrected chi connectivity index (χ4v) is 3.43. The SMILES string of the molecule is CCCC1CC(C(C)(C)C)CCC1Br. The van der Waals surface area contributed by atoms with Crippen molar-refractivity contribution in [2.24, 2.45) is 17.3 Å². The highest BCUT2D eigenvalue weighted by Gasteiger charge is 2.34. The number of hydrogen-bond donors (Lipinski definition) is 0. The van der Waals surface area contributed by atoms with Crippen LogP contribution in [0.5, 0.6) is 0 Å². The van der Waals surface area contributed by atoms with Crippen LogP contribution in [0, 0.1) is 17.3 Å². The van der Waals surface area contributed by atoms with Crippen LogP contribution < -0.4 is 0 Å². The number of halogens is 1. The van der Waals surface area contributed by atoms with Crippen LogP contribution in [0.2, 0.25) is 0 Å². The van der Waals surface area contributed by atoms with Gasteiger partial charge in [-0.3, -0.25) is 0 Å². The minimum Gasteiger partial charge on any atom is -0.0888 e. The molecule has 0 aromatic heterocycles. The van der Waals surface area contributed by atoms with Gasteiger partial charge in [-0.15, -0.1) is 0 Å². The molecule has 0 saturated heterocycles. The lowest BCUT2D eigenvalue weighted by molar-refractivity contribution is 0.142. The average Bonchev–Trinajstić information content (AvgIpc) is 2.07. The van der Waals surface area contributed by atoms with Gasteiger partial charge in [-0.05, 0) is 42.9 Å². The van der Waals surface area contributed by atoms with Crippen LogP contribution in [0.25, 0.3) is 0 Å². The fraction of sp³-hybridized carbons (Fsp3) is 1.00. The maximum Gasteiger partial charge on any atom is 0.0174 e. The summed E-state index contributed by atoms with van der Waals surface area (Å²) in [6, 6.07) is 0. The Hall–Kier alpha value is 0.480. The molecule has 1 aliphatic rings. The highest BCUT2D eigenvalue weighted by atomic mass is 79.9. The maximum atomic E-state index is 3.85. The lowest BCUT2D eigenvalue weighted by Gasteiger charge is -2.40. The van der Waals surface area contributed by atoms with E-state index in [2.05, 4.69) is 43.6 Å². The molecule has 0 N–H and O–H groups in total. The van der Waals surface area contributed by atoms with Gasteiger partial charge in [-0.25, -0.2) is 0 Å². The summed E-state index contributed by atoms with van der Waals surface area (Å²) in [5, 5.41) is 0. The molecule has 0 aliphatic heterocycles. The van der Waals surface area contributed by atoms with Crippen molar-refractivity contribution in [1.82, 2.24) is 0 Å². The largest absolute Gasteiger partial charge is 0.0888 e. The predicted octanol–water partition coefficient (Wildman–Crippen LogP) is 5.01. The van der Waals surface area contributed by atoms with Gasteiger partial charge in [0.25, 0.3) is 0 Å². The van der Waals surface area contributed by atoms with Crippen LogP contribution in [-0.2, 0) is 0 Å². The van der Waals surface area contributed by atoms with E-state index in [1.807, 2.05) is 0 Å². The van der Waals surface area contributed by atoms with Crippen molar-refractivity contribution >= 4 is 15.9 Å². The van der Waals surface area contributed by atoms with Crippen molar-refractivity contribution in [3.05, 3.63) is 0 Å². The summed E-state index contributed by atoms with van der Waals surface area (Å²) in [7, 11) is 0. The molecule has 0 amide bonds. The summed E-state index contributed by atoms with van der Waals surface area (Å²) >= 11 is 3.85. The van der Waals surface area contributed by atoms with E-state index in [4.69, 9.17) is 0 Å². The summed E-state index contributed by atoms with van der Waals surface area (Å²) in [5.74, 6) is 1.87. The van der Waals surface area contributed by atoms with E-state index in [9.17, 15) is 0 Å². The number of rotatable bonds is 2. The summed E-state index contributed by atoms with van der Waals surface area (Å²) in [4.78, 5) is 0.793. The summed E-state index contributed by atoms with van der Waals surface area (Å²) in [6.45, 7) is 9.50. The molecule has 0 radical (unpaired) electrons. The first-order chi connectivity index (χ1) is 6.45. The first kappa shape index (κ1) is 12.5. The van der Waals surface area contributed by atoms with Crippen molar-refractivity contribution in [3.8, 4) is 0 Å². The van der Waals surface area contributed by atoms with Gasteiger partial charge in [-0.1, -0.05) is 50.0 Å². The number of alkyl halides is 1. The predicted molar refractivity (Wildman–Crippen MR) is 67.9 cm³/mol. The van der Waals surface area contributed by atoms with E-state index in [0.717, 1.165) is 16.7 Å². The van der Waals surface area contributed by atoms with Gasteiger partial charge in [0.2, 0.25) is 0 Å². The second kappa shape index (κ2) is 5.01. The molecule has 3 unspecified atom stereocenters. The van der Waals surface area contributed by atoms with E-state index in [1.165, 1.54) is 32.1 Å². The highest BCUT2D eigenvalue weighted by Crippen LogP contribution is 2.43. The van der Waals surface area contributed by atoms with Gasteiger partial charge in [0.15, 0.2) is 0 Å². The molecular weight excluding hydrogens is 236 g/mol. The van der Waals surface area contributed by atoms with Gasteiger partial charge >= 0.3 is 0 Å². The zero-order valence-electron chi connectivity index (χ0n) is 10.1. The quantitative estimate of drug-likeness (QED) is 0.613. The van der Waals surface area contributed by atoms with Crippen LogP contribution >= 0.6 is 15.9 Å². The third-order valence-corrected chi connectivity index (χ3v) is 4.98. The van der Waals surface area contributed by atoms with Crippen LogP contribution in [0.15, 0.2) is 0 Å². The Balaban J connectivity index is 2.53. The van der Waals surface area contributed by atoms with E-state index in [-0.39, 0.29) is 0 Å². The van der Waals surface area contributed by atoms with Crippen molar-refractivity contribution in [2.75, 3.05) is 0 Å². The molecule has 1 rings (SSSR count). The van der Waals surface area contributed by atoms with Crippen molar-refractivity contribution in [2.45, 2.75) is 64.6 Å². The normalized spacial score (nSPS) is 34.5. The Labute approximate surface area is 98.0 Å². The molecular formula is C13H25Br. The minimum absolute atomic E-state index is 0.513. The Morgan fingerprint density at radius 3 is 2.36 bits per heavy atom. The molecule has 0 heterocycles. The second-order valence-corrected chi connectivity index (χ2v) is 7.12. The van der Waals surface area contributed by atoms with E-state index >= 15 is 0 Å². The molecule has 1 heteroatoms. The number of hydrogen-bond acceptors (Lipinski definition) is 0. The van der Waals surface area contributed by atoms with Gasteiger partial charge in [0, 0.05) is 4.83 Å². The van der Waals surface area contributed by atoms with Crippen LogP contribution in [-0.4, -0.2) is 4.83 Å². The zero-order chi connectivity index (χ0) is 10.8. The molecule has 0 spiro atoms. The topological polar surface area (TPSA) is 0 Å². The Bertz CT molecular complexity index is 169. The van der Waals surface area contributed by atoms with Crippen molar-refractivity contribution < 1.29 is 0 Å². The molecule has 84 valence electrons. The smallest absolute Gasteiger partial charge is 0.0174 e. The summed E-state index contributed by atoms with van der Waals surface area (Å²) in [5.41, 5.74) is 0.513. The standard InChI is InChI=1S/C13H25Br/c1-5-6-10-9-11(13(2,3)4)7-8-12(10)14/h10-12H,5-9H2,1-4H3. The molecule has 14 heavy (non-hydrogen) atoms. The highest BCUT2D eigenvalue weighted by molar-refractivity contribution is 9.09. The zero-order valence-corrected chi connectivity index (χ0v) is 11.7. The molecule has 0 aromatic rings. The molecule has 1 fully saturated rings. The van der Waals surface area contributed by atoms with Crippen LogP contribution in [0.1, 0.15) is 59.8 Å². The second-order valence-electron chi connectivity index (χ2n) is 5.94. The van der Waals surface area contributed by atoms with Crippen molar-refractivity contribution in [1.29, 1.82) is 0 Å². The van der Waals surface area contributed by atoms with E-state index in [1.54, 1.807) is 0 Å². The monoisotopic (exact) mass is 260 g/mol.